The van der Waals surface area contributed by atoms with E-state index in [4.69, 9.17) is 37.8 Å². The minimum absolute atomic E-state index is 0.145. The largest absolute Gasteiger partial charge is 0.489 e. The number of ether oxygens (including phenoxy) is 2. The first-order valence-corrected chi connectivity index (χ1v) is 19.4. The van der Waals surface area contributed by atoms with Gasteiger partial charge in [-0.2, -0.15) is 10.4 Å². The highest BCUT2D eigenvalue weighted by atomic mass is 35.5. The monoisotopic (exact) mass is 804 g/mol. The van der Waals surface area contributed by atoms with Gasteiger partial charge < -0.3 is 24.5 Å². The molecule has 1 fully saturated rings. The van der Waals surface area contributed by atoms with E-state index in [2.05, 4.69) is 40.2 Å². The Morgan fingerprint density at radius 3 is 2.44 bits per heavy atom. The quantitative estimate of drug-likeness (QED) is 0.0981. The fourth-order valence-corrected chi connectivity index (χ4v) is 7.58. The lowest BCUT2D eigenvalue weighted by Crippen LogP contribution is -2.35. The number of carbonyl (C=O) groups excluding carboxylic acids is 1. The Morgan fingerprint density at radius 1 is 0.930 bits per heavy atom. The summed E-state index contributed by atoms with van der Waals surface area (Å²) in [5.74, 6) is 1.11. The highest BCUT2D eigenvalue weighted by Gasteiger charge is 2.21. The number of fused-ring (bicyclic) bond motifs is 1. The van der Waals surface area contributed by atoms with E-state index in [0.717, 1.165) is 63.8 Å². The van der Waals surface area contributed by atoms with Crippen LogP contribution in [0.5, 0.6) is 11.5 Å². The molecule has 6 aromatic rings. The van der Waals surface area contributed by atoms with Crippen LogP contribution < -0.4 is 9.47 Å². The van der Waals surface area contributed by atoms with Crippen LogP contribution in [0.3, 0.4) is 0 Å². The normalized spacial score (nSPS) is 14.9. The van der Waals surface area contributed by atoms with Gasteiger partial charge >= 0.3 is 0 Å². The fraction of sp³-hybridized carbons (Fsp3) is 0.273. The zero-order valence-electron chi connectivity index (χ0n) is 31.4. The van der Waals surface area contributed by atoms with Crippen molar-refractivity contribution in [3.8, 4) is 28.7 Å². The van der Waals surface area contributed by atoms with Gasteiger partial charge in [0.2, 0.25) is 0 Å². The predicted octanol–water partition coefficient (Wildman–Crippen LogP) is 7.04. The number of β-amino-alcohol motifs (C(OH)–C–C–N with tert-alkyl or cyclic N) is 1. The summed E-state index contributed by atoms with van der Waals surface area (Å²) in [5, 5.41) is 35.5. The second-order valence-corrected chi connectivity index (χ2v) is 15.1. The number of hydrogen-bond donors (Lipinski definition) is 2. The van der Waals surface area contributed by atoms with Gasteiger partial charge in [0, 0.05) is 65.7 Å². The second-order valence-electron chi connectivity index (χ2n) is 14.3. The third kappa shape index (κ3) is 9.46. The summed E-state index contributed by atoms with van der Waals surface area (Å²) in [6, 6.07) is 26.9. The van der Waals surface area contributed by atoms with Crippen molar-refractivity contribution in [2.45, 2.75) is 51.4 Å². The van der Waals surface area contributed by atoms with E-state index in [0.29, 0.717) is 53.1 Å². The summed E-state index contributed by atoms with van der Waals surface area (Å²) < 4.78 is 14.4. The molecule has 13 heteroatoms. The van der Waals surface area contributed by atoms with Gasteiger partial charge in [0.1, 0.15) is 37.1 Å². The molecule has 1 aliphatic heterocycles. The van der Waals surface area contributed by atoms with Gasteiger partial charge in [-0.1, -0.05) is 71.7 Å². The summed E-state index contributed by atoms with van der Waals surface area (Å²) >= 11 is 14.0. The Morgan fingerprint density at radius 2 is 1.68 bits per heavy atom. The van der Waals surface area contributed by atoms with Crippen molar-refractivity contribution in [3.05, 3.63) is 141 Å². The molecule has 7 rings (SSSR count). The highest BCUT2D eigenvalue weighted by molar-refractivity contribution is 6.35. The van der Waals surface area contributed by atoms with Gasteiger partial charge in [0.15, 0.2) is 0 Å². The molecular formula is C44H42Cl2N6O5. The second kappa shape index (κ2) is 18.3. The van der Waals surface area contributed by atoms with Crippen LogP contribution in [0.2, 0.25) is 10.0 Å². The van der Waals surface area contributed by atoms with E-state index < -0.39 is 6.04 Å². The van der Waals surface area contributed by atoms with Gasteiger partial charge in [0.25, 0.3) is 0 Å². The predicted molar refractivity (Wildman–Crippen MR) is 219 cm³/mol. The summed E-state index contributed by atoms with van der Waals surface area (Å²) in [4.78, 5) is 19.7. The van der Waals surface area contributed by atoms with Crippen LogP contribution in [0.1, 0.15) is 39.8 Å². The Bertz CT molecular complexity index is 2400. The number of nitrogens with zero attached hydrogens (tertiary/aromatic N) is 6. The number of aliphatic hydroxyl groups excluding tert-OH is 2. The van der Waals surface area contributed by atoms with Crippen LogP contribution in [-0.2, 0) is 37.6 Å². The number of aromatic nitrogens is 3. The van der Waals surface area contributed by atoms with Crippen molar-refractivity contribution in [2.24, 2.45) is 0 Å². The molecule has 4 aromatic carbocycles. The maximum Gasteiger partial charge on any atom is 0.139 e. The van der Waals surface area contributed by atoms with Gasteiger partial charge in [-0.05, 0) is 66.1 Å². The van der Waals surface area contributed by atoms with E-state index >= 15 is 0 Å². The minimum atomic E-state index is -0.696. The lowest BCUT2D eigenvalue weighted by Gasteiger charge is -2.24. The van der Waals surface area contributed by atoms with Crippen LogP contribution in [0.25, 0.3) is 22.0 Å². The Hall–Kier alpha value is -5.32. The SMILES string of the molecule is CN(Cc1cc(Cl)c(Cn2ncc3c(-c4cccc(OCc5ccc(CN6CC[C@@H](O)C6)cc5)c4Cl)cccc32)cc1OCc1cncc(C#N)c1)C(C=O)CO. The maximum atomic E-state index is 11.6. The first-order chi connectivity index (χ1) is 27.7. The molecule has 0 bridgehead atoms. The van der Waals surface area contributed by atoms with Gasteiger partial charge in [-0.3, -0.25) is 19.5 Å². The van der Waals surface area contributed by atoms with Crippen molar-refractivity contribution in [2.75, 3.05) is 26.7 Å². The van der Waals surface area contributed by atoms with Crippen molar-refractivity contribution >= 4 is 40.4 Å². The number of carbonyl (C=O) groups is 1. The summed E-state index contributed by atoms with van der Waals surface area (Å²) in [5.41, 5.74) is 7.43. The average Bonchev–Trinajstić information content (AvgIpc) is 3.84. The minimum Gasteiger partial charge on any atom is -0.489 e. The van der Waals surface area contributed by atoms with Crippen LogP contribution in [0, 0.1) is 11.3 Å². The Balaban J connectivity index is 1.11. The number of aldehydes is 1. The molecule has 1 aliphatic rings. The van der Waals surface area contributed by atoms with E-state index in [9.17, 15) is 20.3 Å². The van der Waals surface area contributed by atoms with Gasteiger partial charge in [0.05, 0.1) is 47.6 Å². The Labute approximate surface area is 341 Å². The number of rotatable bonds is 16. The van der Waals surface area contributed by atoms with Crippen LogP contribution in [0.15, 0.2) is 97.5 Å². The molecular weight excluding hydrogens is 763 g/mol. The fourth-order valence-electron chi connectivity index (χ4n) is 7.05. The molecule has 292 valence electrons. The summed E-state index contributed by atoms with van der Waals surface area (Å²) in [7, 11) is 1.74. The molecule has 1 unspecified atom stereocenters. The molecule has 0 spiro atoms. The van der Waals surface area contributed by atoms with Crippen LogP contribution in [0.4, 0.5) is 0 Å². The molecule has 11 nitrogen and oxygen atoms in total. The van der Waals surface area contributed by atoms with Crippen LogP contribution in [-0.4, -0.2) is 80.0 Å². The number of likely N-dealkylation sites (N-methyl/N-ethyl adjacent to an activating group) is 1. The summed E-state index contributed by atoms with van der Waals surface area (Å²) in [6.45, 7) is 3.22. The average molecular weight is 806 g/mol. The van der Waals surface area contributed by atoms with Crippen molar-refractivity contribution in [1.29, 1.82) is 5.26 Å². The lowest BCUT2D eigenvalue weighted by atomic mass is 10.0. The van der Waals surface area contributed by atoms with E-state index in [1.54, 1.807) is 24.2 Å². The number of pyridine rings is 1. The van der Waals surface area contributed by atoms with Crippen molar-refractivity contribution in [1.82, 2.24) is 24.6 Å². The molecule has 0 aliphatic carbocycles. The number of likely N-dealkylation sites (tertiary alicyclic amines) is 1. The Kier molecular flexibility index (Phi) is 12.8. The van der Waals surface area contributed by atoms with Crippen molar-refractivity contribution in [3.63, 3.8) is 0 Å². The number of benzene rings is 4. The standard InChI is InChI=1S/C44H42Cl2N6O5/c1-50(35(25-53)26-54)22-34-15-40(45)33(16-43(34)57-28-32-14-31(17-47)18-48-19-32)23-52-41-6-2-4-37(39(41)20-49-52)38-5-3-7-42(44(38)46)56-27-30-10-8-29(9-11-30)21-51-13-12-36(55)24-51/h2-11,14-16,18-20,25,35-36,54-55H,12-13,21-24,26-28H2,1H3/t35?,36-/m1/s1. The van der Waals surface area contributed by atoms with E-state index in [1.807, 2.05) is 59.4 Å². The number of nitriles is 1. The topological polar surface area (TPSA) is 137 Å². The van der Waals surface area contributed by atoms with Gasteiger partial charge in [-0.25, -0.2) is 0 Å². The lowest BCUT2D eigenvalue weighted by molar-refractivity contribution is -0.113. The molecule has 1 saturated heterocycles. The third-order valence-electron chi connectivity index (χ3n) is 10.2. The third-order valence-corrected chi connectivity index (χ3v) is 11.0. The molecule has 2 aromatic heterocycles. The highest BCUT2D eigenvalue weighted by Crippen LogP contribution is 2.39. The number of aliphatic hydroxyl groups is 2. The number of hydrogen-bond acceptors (Lipinski definition) is 10. The van der Waals surface area contributed by atoms with E-state index in [-0.39, 0.29) is 25.9 Å². The maximum absolute atomic E-state index is 11.6. The molecule has 0 radical (unpaired) electrons. The molecule has 3 heterocycles. The number of halogens is 2. The smallest absolute Gasteiger partial charge is 0.139 e. The van der Waals surface area contributed by atoms with Crippen molar-refractivity contribution < 1.29 is 24.5 Å². The zero-order valence-corrected chi connectivity index (χ0v) is 32.9. The first kappa shape index (κ1) is 39.9. The summed E-state index contributed by atoms with van der Waals surface area (Å²) in [6.07, 6.45) is 6.23. The molecule has 0 saturated carbocycles. The molecule has 2 atom stereocenters. The molecule has 57 heavy (non-hydrogen) atoms. The molecule has 2 N–H and O–H groups in total. The van der Waals surface area contributed by atoms with Gasteiger partial charge in [-0.15, -0.1) is 0 Å². The van der Waals surface area contributed by atoms with Crippen LogP contribution >= 0.6 is 23.2 Å². The zero-order chi connectivity index (χ0) is 39.9. The first-order valence-electron chi connectivity index (χ1n) is 18.6. The van der Waals surface area contributed by atoms with E-state index in [1.165, 1.54) is 11.8 Å². The molecule has 0 amide bonds.